The Balaban J connectivity index is 1.74. The summed E-state index contributed by atoms with van der Waals surface area (Å²) in [5.41, 5.74) is 1.20. The third-order valence-electron chi connectivity index (χ3n) is 3.42. The first-order chi connectivity index (χ1) is 8.65. The highest BCUT2D eigenvalue weighted by Gasteiger charge is 2.11. The molecular formula is C13H24N4S. The number of aryl methyl sites for hydroxylation is 2. The van der Waals surface area contributed by atoms with E-state index in [4.69, 9.17) is 0 Å². The summed E-state index contributed by atoms with van der Waals surface area (Å²) in [7, 11) is 2.21. The summed E-state index contributed by atoms with van der Waals surface area (Å²) in [6.45, 7) is 12.2. The van der Waals surface area contributed by atoms with Crippen molar-refractivity contribution >= 4 is 11.3 Å². The second-order valence-corrected chi connectivity index (χ2v) is 6.36. The van der Waals surface area contributed by atoms with Crippen molar-refractivity contribution in [3.05, 3.63) is 15.6 Å². The molecule has 0 unspecified atom stereocenters. The van der Waals surface area contributed by atoms with Gasteiger partial charge in [0.2, 0.25) is 0 Å². The lowest BCUT2D eigenvalue weighted by molar-refractivity contribution is 0.203. The topological polar surface area (TPSA) is 31.4 Å². The highest BCUT2D eigenvalue weighted by molar-refractivity contribution is 7.11. The van der Waals surface area contributed by atoms with Gasteiger partial charge < -0.3 is 5.32 Å². The minimum Gasteiger partial charge on any atom is -0.314 e. The molecule has 102 valence electrons. The Labute approximate surface area is 114 Å². The first kappa shape index (κ1) is 13.9. The van der Waals surface area contributed by atoms with Crippen LogP contribution in [0.2, 0.25) is 0 Å². The van der Waals surface area contributed by atoms with Crippen LogP contribution in [0, 0.1) is 13.8 Å². The zero-order chi connectivity index (χ0) is 13.0. The first-order valence-electron chi connectivity index (χ1n) is 6.69. The summed E-state index contributed by atoms with van der Waals surface area (Å²) >= 11 is 1.83. The molecule has 1 aliphatic rings. The Morgan fingerprint density at radius 2 is 2.06 bits per heavy atom. The molecule has 0 aromatic carbocycles. The first-order valence-corrected chi connectivity index (χ1v) is 7.51. The summed E-state index contributed by atoms with van der Waals surface area (Å²) in [5, 5.41) is 4.57. The van der Waals surface area contributed by atoms with Gasteiger partial charge in [-0.2, -0.15) is 0 Å². The molecule has 0 bridgehead atoms. The third-order valence-corrected chi connectivity index (χ3v) is 4.48. The predicted molar refractivity (Wildman–Crippen MR) is 77.2 cm³/mol. The summed E-state index contributed by atoms with van der Waals surface area (Å²) in [4.78, 5) is 10.8. The number of aromatic nitrogens is 1. The molecule has 0 atom stereocenters. The Bertz CT molecular complexity index is 371. The molecule has 0 radical (unpaired) electrons. The molecule has 1 aliphatic heterocycles. The molecule has 4 nitrogen and oxygen atoms in total. The molecule has 1 aromatic heterocycles. The molecule has 18 heavy (non-hydrogen) atoms. The van der Waals surface area contributed by atoms with E-state index in [-0.39, 0.29) is 0 Å². The van der Waals surface area contributed by atoms with Gasteiger partial charge in [-0.15, -0.1) is 11.3 Å². The van der Waals surface area contributed by atoms with Gasteiger partial charge in [0.15, 0.2) is 0 Å². The highest BCUT2D eigenvalue weighted by atomic mass is 32.1. The van der Waals surface area contributed by atoms with Gasteiger partial charge in [0.25, 0.3) is 0 Å². The van der Waals surface area contributed by atoms with Crippen LogP contribution in [-0.4, -0.2) is 61.1 Å². The maximum absolute atomic E-state index is 4.49. The van der Waals surface area contributed by atoms with Crippen molar-refractivity contribution in [3.8, 4) is 0 Å². The average molecular weight is 268 g/mol. The van der Waals surface area contributed by atoms with Crippen molar-refractivity contribution < 1.29 is 0 Å². The third kappa shape index (κ3) is 4.02. The molecule has 0 amide bonds. The van der Waals surface area contributed by atoms with Crippen molar-refractivity contribution in [3.63, 3.8) is 0 Å². The SMILES string of the molecule is Cc1nc(C)c(CN(C)CCN2CCNCC2)s1. The van der Waals surface area contributed by atoms with Crippen molar-refractivity contribution in [2.75, 3.05) is 46.3 Å². The minimum absolute atomic E-state index is 1.03. The van der Waals surface area contributed by atoms with Crippen molar-refractivity contribution in [1.82, 2.24) is 20.1 Å². The molecule has 0 saturated carbocycles. The second kappa shape index (κ2) is 6.61. The van der Waals surface area contributed by atoms with Crippen LogP contribution >= 0.6 is 11.3 Å². The van der Waals surface area contributed by atoms with Crippen molar-refractivity contribution in [2.24, 2.45) is 0 Å². The number of thiazole rings is 1. The van der Waals surface area contributed by atoms with E-state index in [0.717, 1.165) is 26.2 Å². The van der Waals surface area contributed by atoms with E-state index in [9.17, 15) is 0 Å². The lowest BCUT2D eigenvalue weighted by Gasteiger charge is -2.29. The normalized spacial score (nSPS) is 17.6. The quantitative estimate of drug-likeness (QED) is 0.866. The monoisotopic (exact) mass is 268 g/mol. The average Bonchev–Trinajstić information content (AvgIpc) is 2.67. The van der Waals surface area contributed by atoms with Crippen molar-refractivity contribution in [2.45, 2.75) is 20.4 Å². The molecular weight excluding hydrogens is 244 g/mol. The summed E-state index contributed by atoms with van der Waals surface area (Å²) < 4.78 is 0. The molecule has 5 heteroatoms. The summed E-state index contributed by atoms with van der Waals surface area (Å²) in [6.07, 6.45) is 0. The van der Waals surface area contributed by atoms with Crippen LogP contribution in [0.4, 0.5) is 0 Å². The van der Waals surface area contributed by atoms with Crippen LogP contribution in [-0.2, 0) is 6.54 Å². The number of nitrogens with one attached hydrogen (secondary N) is 1. The van der Waals surface area contributed by atoms with E-state index in [1.807, 2.05) is 11.3 Å². The zero-order valence-corrected chi connectivity index (χ0v) is 12.5. The van der Waals surface area contributed by atoms with Crippen LogP contribution in [0.3, 0.4) is 0 Å². The van der Waals surface area contributed by atoms with Crippen LogP contribution in [0.1, 0.15) is 15.6 Å². The number of piperazine rings is 1. The highest BCUT2D eigenvalue weighted by Crippen LogP contribution is 2.18. The predicted octanol–water partition coefficient (Wildman–Crippen LogP) is 1.10. The van der Waals surface area contributed by atoms with Gasteiger partial charge in [-0.05, 0) is 20.9 Å². The minimum atomic E-state index is 1.03. The number of hydrogen-bond donors (Lipinski definition) is 1. The molecule has 2 heterocycles. The smallest absolute Gasteiger partial charge is 0.0900 e. The van der Waals surface area contributed by atoms with Gasteiger partial charge in [-0.3, -0.25) is 9.80 Å². The number of hydrogen-bond acceptors (Lipinski definition) is 5. The van der Waals surface area contributed by atoms with E-state index in [0.29, 0.717) is 0 Å². The van der Waals surface area contributed by atoms with Gasteiger partial charge in [0, 0.05) is 50.7 Å². The van der Waals surface area contributed by atoms with E-state index in [1.54, 1.807) is 0 Å². The van der Waals surface area contributed by atoms with E-state index < -0.39 is 0 Å². The maximum atomic E-state index is 4.49. The fourth-order valence-electron chi connectivity index (χ4n) is 2.29. The molecule has 1 fully saturated rings. The van der Waals surface area contributed by atoms with Gasteiger partial charge in [-0.1, -0.05) is 0 Å². The Morgan fingerprint density at radius 1 is 1.33 bits per heavy atom. The van der Waals surface area contributed by atoms with Gasteiger partial charge >= 0.3 is 0 Å². The number of likely N-dealkylation sites (N-methyl/N-ethyl adjacent to an activating group) is 1. The molecule has 1 saturated heterocycles. The lowest BCUT2D eigenvalue weighted by Crippen LogP contribution is -2.45. The largest absolute Gasteiger partial charge is 0.314 e. The van der Waals surface area contributed by atoms with Gasteiger partial charge in [0.1, 0.15) is 0 Å². The molecule has 2 rings (SSSR count). The number of rotatable bonds is 5. The lowest BCUT2D eigenvalue weighted by atomic mass is 10.3. The van der Waals surface area contributed by atoms with Gasteiger partial charge in [0.05, 0.1) is 10.7 Å². The van der Waals surface area contributed by atoms with E-state index in [2.05, 4.69) is 41.0 Å². The Kier molecular flexibility index (Phi) is 5.12. The van der Waals surface area contributed by atoms with Crippen LogP contribution in [0.15, 0.2) is 0 Å². The van der Waals surface area contributed by atoms with Crippen LogP contribution < -0.4 is 5.32 Å². The number of nitrogens with zero attached hydrogens (tertiary/aromatic N) is 3. The Morgan fingerprint density at radius 3 is 2.67 bits per heavy atom. The fraction of sp³-hybridized carbons (Fsp3) is 0.769. The summed E-state index contributed by atoms with van der Waals surface area (Å²) in [6, 6.07) is 0. The molecule has 1 N–H and O–H groups in total. The van der Waals surface area contributed by atoms with Crippen LogP contribution in [0.25, 0.3) is 0 Å². The standard InChI is InChI=1S/C13H24N4S/c1-11-13(18-12(2)15-11)10-16(3)8-9-17-6-4-14-5-7-17/h14H,4-10H2,1-3H3. The Hall–Kier alpha value is -0.490. The zero-order valence-electron chi connectivity index (χ0n) is 11.7. The molecule has 0 aliphatic carbocycles. The summed E-state index contributed by atoms with van der Waals surface area (Å²) in [5.74, 6) is 0. The molecule has 1 aromatic rings. The second-order valence-electron chi connectivity index (χ2n) is 5.07. The van der Waals surface area contributed by atoms with Gasteiger partial charge in [-0.25, -0.2) is 4.98 Å². The van der Waals surface area contributed by atoms with E-state index in [1.165, 1.54) is 35.2 Å². The molecule has 0 spiro atoms. The van der Waals surface area contributed by atoms with Crippen molar-refractivity contribution in [1.29, 1.82) is 0 Å². The fourth-order valence-corrected chi connectivity index (χ4v) is 3.31. The van der Waals surface area contributed by atoms with Crippen LogP contribution in [0.5, 0.6) is 0 Å². The van der Waals surface area contributed by atoms with E-state index >= 15 is 0 Å². The maximum Gasteiger partial charge on any atom is 0.0900 e.